The first-order valence-corrected chi connectivity index (χ1v) is 8.28. The minimum atomic E-state index is -0.0483. The molecule has 1 aliphatic rings. The predicted octanol–water partition coefficient (Wildman–Crippen LogP) is 3.65. The summed E-state index contributed by atoms with van der Waals surface area (Å²) in [6.07, 6.45) is 6.62. The fourth-order valence-electron chi connectivity index (χ4n) is 2.67. The van der Waals surface area contributed by atoms with Crippen molar-refractivity contribution in [2.75, 3.05) is 5.32 Å². The molecule has 0 aliphatic heterocycles. The molecule has 0 unspecified atom stereocenters. The van der Waals surface area contributed by atoms with Gasteiger partial charge in [-0.15, -0.1) is 0 Å². The molecule has 0 spiro atoms. The smallest absolute Gasteiger partial charge is 0.283 e. The van der Waals surface area contributed by atoms with E-state index in [1.54, 1.807) is 6.20 Å². The first kappa shape index (κ1) is 15.5. The van der Waals surface area contributed by atoms with Crippen LogP contribution in [-0.2, 0) is 6.54 Å². The number of rotatable bonds is 4. The van der Waals surface area contributed by atoms with E-state index < -0.39 is 0 Å². The molecule has 0 amide bonds. The minimum Gasteiger partial charge on any atom is -0.380 e. The van der Waals surface area contributed by atoms with Crippen molar-refractivity contribution in [1.82, 2.24) is 9.78 Å². The van der Waals surface area contributed by atoms with Crippen molar-refractivity contribution >= 4 is 21.6 Å². The summed E-state index contributed by atoms with van der Waals surface area (Å²) in [5.41, 5.74) is 0.780. The highest BCUT2D eigenvalue weighted by molar-refractivity contribution is 9.10. The standard InChI is InChI=1S/C15H24BrN3O/c1-10(2)9-19-15(20)14(16)13(8-17-19)18-12-6-4-11(3)5-7-12/h8,10-12,18H,4-7,9H2,1-3H3. The molecule has 4 nitrogen and oxygen atoms in total. The van der Waals surface area contributed by atoms with Crippen LogP contribution in [0.1, 0.15) is 46.5 Å². The Morgan fingerprint density at radius 3 is 2.65 bits per heavy atom. The second-order valence-electron chi connectivity index (χ2n) is 6.35. The number of hydrogen-bond donors (Lipinski definition) is 1. The van der Waals surface area contributed by atoms with Crippen molar-refractivity contribution in [3.05, 3.63) is 21.0 Å². The van der Waals surface area contributed by atoms with Crippen molar-refractivity contribution in [2.24, 2.45) is 11.8 Å². The SMILES string of the molecule is CC(C)Cn1ncc(NC2CCC(C)CC2)c(Br)c1=O. The maximum atomic E-state index is 12.2. The second-order valence-corrected chi connectivity index (χ2v) is 7.15. The van der Waals surface area contributed by atoms with Crippen LogP contribution in [0.4, 0.5) is 5.69 Å². The van der Waals surface area contributed by atoms with E-state index in [1.165, 1.54) is 30.4 Å². The Bertz CT molecular complexity index is 504. The summed E-state index contributed by atoms with van der Waals surface area (Å²) in [5.74, 6) is 1.24. The highest BCUT2D eigenvalue weighted by Crippen LogP contribution is 2.27. The summed E-state index contributed by atoms with van der Waals surface area (Å²) in [7, 11) is 0. The zero-order valence-corrected chi connectivity index (χ0v) is 14.1. The van der Waals surface area contributed by atoms with Crippen LogP contribution in [0.5, 0.6) is 0 Å². The quantitative estimate of drug-likeness (QED) is 0.909. The third kappa shape index (κ3) is 3.84. The van der Waals surface area contributed by atoms with Gasteiger partial charge in [-0.1, -0.05) is 20.8 Å². The highest BCUT2D eigenvalue weighted by Gasteiger charge is 2.19. The van der Waals surface area contributed by atoms with Gasteiger partial charge < -0.3 is 5.32 Å². The third-order valence-corrected chi connectivity index (χ3v) is 4.66. The van der Waals surface area contributed by atoms with E-state index in [0.717, 1.165) is 11.6 Å². The molecule has 0 radical (unpaired) electrons. The van der Waals surface area contributed by atoms with Crippen molar-refractivity contribution < 1.29 is 0 Å². The van der Waals surface area contributed by atoms with Crippen LogP contribution in [-0.4, -0.2) is 15.8 Å². The van der Waals surface area contributed by atoms with Crippen LogP contribution in [0.3, 0.4) is 0 Å². The molecular weight excluding hydrogens is 318 g/mol. The summed E-state index contributed by atoms with van der Waals surface area (Å²) in [4.78, 5) is 12.2. The van der Waals surface area contributed by atoms with Gasteiger partial charge in [-0.05, 0) is 53.4 Å². The fourth-order valence-corrected chi connectivity index (χ4v) is 3.09. The molecule has 1 fully saturated rings. The Labute approximate surface area is 129 Å². The van der Waals surface area contributed by atoms with E-state index in [1.807, 2.05) is 0 Å². The molecule has 0 bridgehead atoms. The molecule has 1 aromatic rings. The van der Waals surface area contributed by atoms with Gasteiger partial charge in [-0.25, -0.2) is 4.68 Å². The number of nitrogens with one attached hydrogen (secondary N) is 1. The Morgan fingerprint density at radius 1 is 1.40 bits per heavy atom. The Hall–Kier alpha value is -0.840. The average molecular weight is 342 g/mol. The first-order chi connectivity index (χ1) is 9.47. The zero-order chi connectivity index (χ0) is 14.7. The molecule has 1 saturated carbocycles. The maximum absolute atomic E-state index is 12.2. The van der Waals surface area contributed by atoms with Crippen LogP contribution in [0.2, 0.25) is 0 Å². The molecule has 1 heterocycles. The number of nitrogens with zero attached hydrogens (tertiary/aromatic N) is 2. The second kappa shape index (κ2) is 6.74. The summed E-state index contributed by atoms with van der Waals surface area (Å²) in [6, 6.07) is 0.463. The zero-order valence-electron chi connectivity index (χ0n) is 12.5. The van der Waals surface area contributed by atoms with Gasteiger partial charge >= 0.3 is 0 Å². The molecule has 1 aliphatic carbocycles. The maximum Gasteiger partial charge on any atom is 0.283 e. The van der Waals surface area contributed by atoms with Crippen molar-refractivity contribution in [2.45, 2.75) is 59.0 Å². The molecule has 20 heavy (non-hydrogen) atoms. The van der Waals surface area contributed by atoms with Gasteiger partial charge in [0.05, 0.1) is 11.9 Å². The van der Waals surface area contributed by atoms with E-state index in [-0.39, 0.29) is 5.56 Å². The van der Waals surface area contributed by atoms with Crippen LogP contribution in [0, 0.1) is 11.8 Å². The lowest BCUT2D eigenvalue weighted by atomic mass is 9.87. The van der Waals surface area contributed by atoms with Gasteiger partial charge in [0.25, 0.3) is 5.56 Å². The largest absolute Gasteiger partial charge is 0.380 e. The van der Waals surface area contributed by atoms with Crippen molar-refractivity contribution in [3.8, 4) is 0 Å². The summed E-state index contributed by atoms with van der Waals surface area (Å²) in [6.45, 7) is 7.12. The van der Waals surface area contributed by atoms with Crippen molar-refractivity contribution in [1.29, 1.82) is 0 Å². The molecule has 1 aromatic heterocycles. The monoisotopic (exact) mass is 341 g/mol. The predicted molar refractivity (Wildman–Crippen MR) is 86.1 cm³/mol. The van der Waals surface area contributed by atoms with Crippen LogP contribution in [0.25, 0.3) is 0 Å². The van der Waals surface area contributed by atoms with E-state index in [9.17, 15) is 4.79 Å². The summed E-state index contributed by atoms with van der Waals surface area (Å²) < 4.78 is 2.13. The molecule has 0 saturated heterocycles. The fraction of sp³-hybridized carbons (Fsp3) is 0.733. The molecule has 2 rings (SSSR count). The molecule has 5 heteroatoms. The van der Waals surface area contributed by atoms with E-state index in [4.69, 9.17) is 0 Å². The topological polar surface area (TPSA) is 46.9 Å². The van der Waals surface area contributed by atoms with E-state index in [2.05, 4.69) is 47.1 Å². The van der Waals surface area contributed by atoms with Crippen LogP contribution >= 0.6 is 15.9 Å². The van der Waals surface area contributed by atoms with Gasteiger partial charge in [0.1, 0.15) is 4.47 Å². The molecule has 1 N–H and O–H groups in total. The summed E-state index contributed by atoms with van der Waals surface area (Å²) >= 11 is 3.42. The van der Waals surface area contributed by atoms with Gasteiger partial charge in [0.2, 0.25) is 0 Å². The molecule has 112 valence electrons. The lowest BCUT2D eigenvalue weighted by Gasteiger charge is -2.28. The third-order valence-electron chi connectivity index (χ3n) is 3.90. The van der Waals surface area contributed by atoms with Gasteiger partial charge in [-0.3, -0.25) is 4.79 Å². The van der Waals surface area contributed by atoms with E-state index >= 15 is 0 Å². The van der Waals surface area contributed by atoms with Gasteiger partial charge in [0, 0.05) is 12.6 Å². The number of hydrogen-bond acceptors (Lipinski definition) is 3. The number of anilines is 1. The molecule has 0 atom stereocenters. The highest BCUT2D eigenvalue weighted by atomic mass is 79.9. The average Bonchev–Trinajstić information content (AvgIpc) is 2.40. The minimum absolute atomic E-state index is 0.0483. The number of aromatic nitrogens is 2. The Kier molecular flexibility index (Phi) is 5.24. The van der Waals surface area contributed by atoms with Crippen LogP contribution in [0.15, 0.2) is 15.5 Å². The Morgan fingerprint density at radius 2 is 2.05 bits per heavy atom. The first-order valence-electron chi connectivity index (χ1n) is 7.49. The lowest BCUT2D eigenvalue weighted by Crippen LogP contribution is -2.29. The Balaban J connectivity index is 2.09. The normalized spacial score (nSPS) is 23.1. The molecular formula is C15H24BrN3O. The summed E-state index contributed by atoms with van der Waals surface area (Å²) in [5, 5.41) is 7.74. The lowest BCUT2D eigenvalue weighted by molar-refractivity contribution is 0.361. The number of halogens is 1. The molecule has 0 aromatic carbocycles. The van der Waals surface area contributed by atoms with Crippen molar-refractivity contribution in [3.63, 3.8) is 0 Å². The van der Waals surface area contributed by atoms with Crippen LogP contribution < -0.4 is 10.9 Å². The van der Waals surface area contributed by atoms with E-state index in [0.29, 0.717) is 23.0 Å². The van der Waals surface area contributed by atoms with Gasteiger partial charge in [-0.2, -0.15) is 5.10 Å². The van der Waals surface area contributed by atoms with Gasteiger partial charge in [0.15, 0.2) is 0 Å².